The second-order valence-electron chi connectivity index (χ2n) is 3.23. The Labute approximate surface area is 96.8 Å². The Morgan fingerprint density at radius 1 is 0.688 bits per heavy atom. The lowest BCUT2D eigenvalue weighted by Crippen LogP contribution is -2.26. The lowest BCUT2D eigenvalue weighted by molar-refractivity contribution is -0.191. The molecule has 0 unspecified atom stereocenters. The molecule has 0 saturated carbocycles. The van der Waals surface area contributed by atoms with Gasteiger partial charge in [0.05, 0.1) is 9.52 Å². The summed E-state index contributed by atoms with van der Waals surface area (Å²) >= 11 is 0. The highest BCUT2D eigenvalue weighted by Crippen LogP contribution is 1.84. The van der Waals surface area contributed by atoms with Crippen molar-refractivity contribution in [2.24, 2.45) is 0 Å². The van der Waals surface area contributed by atoms with Crippen LogP contribution in [-0.2, 0) is 9.59 Å². The summed E-state index contributed by atoms with van der Waals surface area (Å²) < 4.78 is 0. The lowest BCUT2D eigenvalue weighted by Gasteiger charge is -1.99. The first-order valence-electron chi connectivity index (χ1n) is 4.94. The maximum Gasteiger partial charge on any atom is 0.373 e. The molecule has 0 aromatic heterocycles. The average molecular weight is 228 g/mol. The van der Waals surface area contributed by atoms with Crippen LogP contribution in [0.1, 0.15) is 0 Å². The minimum atomic E-state index is -0.234. The number of carbonyl (C=O) groups excluding carboxylic acids is 2. The van der Waals surface area contributed by atoms with Crippen molar-refractivity contribution in [3.05, 3.63) is 60.7 Å². The molecule has 16 heavy (non-hydrogen) atoms. The molecule has 0 atom stereocenters. The summed E-state index contributed by atoms with van der Waals surface area (Å²) in [5.74, 6) is 0. The van der Waals surface area contributed by atoms with Gasteiger partial charge in [-0.1, -0.05) is 71.0 Å². The number of benzene rings is 2. The van der Waals surface area contributed by atoms with Crippen molar-refractivity contribution in [1.29, 1.82) is 0 Å². The van der Waals surface area contributed by atoms with Crippen LogP contribution in [0.5, 0.6) is 0 Å². The van der Waals surface area contributed by atoms with Crippen molar-refractivity contribution in [3.8, 4) is 0 Å². The summed E-state index contributed by atoms with van der Waals surface area (Å²) in [6, 6.07) is 21.5. The summed E-state index contributed by atoms with van der Waals surface area (Å²) in [6.07, 6.45) is 0.250. The molecule has 0 bridgehead atoms. The van der Waals surface area contributed by atoms with E-state index < -0.39 is 0 Å². The van der Waals surface area contributed by atoms with Crippen LogP contribution in [0, 0.1) is 0 Å². The quantitative estimate of drug-likeness (QED) is 0.689. The molecule has 2 aromatic carbocycles. The fourth-order valence-corrected chi connectivity index (χ4v) is 2.91. The molecular weight excluding hydrogens is 216 g/mol. The van der Waals surface area contributed by atoms with Gasteiger partial charge in [0.1, 0.15) is 0 Å². The maximum atomic E-state index is 8.12. The van der Waals surface area contributed by atoms with Gasteiger partial charge in [-0.05, 0) is 0 Å². The molecule has 0 heterocycles. The minimum absolute atomic E-state index is 0.234. The first-order chi connectivity index (χ1) is 7.86. The highest BCUT2D eigenvalue weighted by molar-refractivity contribution is 6.67. The van der Waals surface area contributed by atoms with Crippen LogP contribution in [0.4, 0.5) is 0 Å². The third kappa shape index (κ3) is 4.51. The van der Waals surface area contributed by atoms with E-state index in [0.29, 0.717) is 0 Å². The zero-order valence-electron chi connectivity index (χ0n) is 8.80. The second kappa shape index (κ2) is 7.34. The predicted octanol–water partition coefficient (Wildman–Crippen LogP) is 0.223. The SMILES string of the molecule is O=C=O.c1ccc([SiH2]c2ccccc2)cc1. The predicted molar refractivity (Wildman–Crippen MR) is 65.7 cm³/mol. The monoisotopic (exact) mass is 228 g/mol. The van der Waals surface area contributed by atoms with Gasteiger partial charge < -0.3 is 0 Å². The molecule has 0 amide bonds. The highest BCUT2D eigenvalue weighted by atomic mass is 28.2. The van der Waals surface area contributed by atoms with Crippen molar-refractivity contribution in [1.82, 2.24) is 0 Å². The highest BCUT2D eigenvalue weighted by Gasteiger charge is 1.93. The molecule has 0 saturated heterocycles. The summed E-state index contributed by atoms with van der Waals surface area (Å²) in [5.41, 5.74) is 0. The van der Waals surface area contributed by atoms with Gasteiger partial charge in [-0.3, -0.25) is 0 Å². The first-order valence-corrected chi connectivity index (χ1v) is 6.35. The van der Waals surface area contributed by atoms with E-state index in [4.69, 9.17) is 9.59 Å². The van der Waals surface area contributed by atoms with Gasteiger partial charge in [-0.25, -0.2) is 0 Å². The largest absolute Gasteiger partial charge is 0.373 e. The Kier molecular flexibility index (Phi) is 5.56. The van der Waals surface area contributed by atoms with E-state index in [1.54, 1.807) is 0 Å². The van der Waals surface area contributed by atoms with Crippen LogP contribution >= 0.6 is 0 Å². The summed E-state index contributed by atoms with van der Waals surface area (Å²) in [6.45, 7) is 0. The van der Waals surface area contributed by atoms with Crippen molar-refractivity contribution >= 4 is 26.0 Å². The number of hydrogen-bond acceptors (Lipinski definition) is 2. The van der Waals surface area contributed by atoms with E-state index in [1.165, 1.54) is 10.4 Å². The Bertz CT molecular complexity index is 397. The molecule has 0 spiro atoms. The van der Waals surface area contributed by atoms with E-state index >= 15 is 0 Å². The molecule has 0 aliphatic rings. The van der Waals surface area contributed by atoms with Crippen molar-refractivity contribution in [3.63, 3.8) is 0 Å². The zero-order chi connectivity index (χ0) is 11.6. The minimum Gasteiger partial charge on any atom is -0.186 e. The van der Waals surface area contributed by atoms with E-state index in [9.17, 15) is 0 Å². The topological polar surface area (TPSA) is 34.1 Å². The van der Waals surface area contributed by atoms with Crippen LogP contribution in [0.3, 0.4) is 0 Å². The molecule has 0 aliphatic heterocycles. The average Bonchev–Trinajstić information content (AvgIpc) is 2.33. The maximum absolute atomic E-state index is 8.12. The van der Waals surface area contributed by atoms with E-state index in [2.05, 4.69) is 60.7 Å². The zero-order valence-corrected chi connectivity index (χ0v) is 10.2. The number of hydrogen-bond donors (Lipinski definition) is 0. The normalized spacial score (nSPS) is 8.50. The standard InChI is InChI=1S/C12H12Si.CO2/c1-3-7-11(8-4-1)13-12-9-5-2-6-10-12;2-1-3/h1-10H,13H2;. The van der Waals surface area contributed by atoms with Crippen LogP contribution < -0.4 is 10.4 Å². The van der Waals surface area contributed by atoms with Gasteiger partial charge in [0, 0.05) is 0 Å². The smallest absolute Gasteiger partial charge is 0.186 e. The van der Waals surface area contributed by atoms with E-state index in [-0.39, 0.29) is 15.7 Å². The molecule has 2 rings (SSSR count). The molecule has 0 aliphatic carbocycles. The third-order valence-electron chi connectivity index (χ3n) is 2.09. The molecule has 2 aromatic rings. The first kappa shape index (κ1) is 12.1. The summed E-state index contributed by atoms with van der Waals surface area (Å²) in [5, 5.41) is 3.02. The van der Waals surface area contributed by atoms with Gasteiger partial charge in [-0.15, -0.1) is 0 Å². The Morgan fingerprint density at radius 3 is 1.31 bits per heavy atom. The van der Waals surface area contributed by atoms with Gasteiger partial charge >= 0.3 is 6.15 Å². The third-order valence-corrected chi connectivity index (χ3v) is 3.85. The molecule has 0 N–H and O–H groups in total. The molecule has 2 nitrogen and oxygen atoms in total. The number of rotatable bonds is 2. The van der Waals surface area contributed by atoms with Gasteiger partial charge in [0.15, 0.2) is 0 Å². The van der Waals surface area contributed by atoms with Gasteiger partial charge in [-0.2, -0.15) is 9.59 Å². The Hall–Kier alpha value is -1.96. The fraction of sp³-hybridized carbons (Fsp3) is 0. The van der Waals surface area contributed by atoms with Crippen molar-refractivity contribution < 1.29 is 9.59 Å². The Balaban J connectivity index is 0.000000386. The fourth-order valence-electron chi connectivity index (χ4n) is 1.43. The summed E-state index contributed by atoms with van der Waals surface area (Å²) in [4.78, 5) is 16.2. The van der Waals surface area contributed by atoms with E-state index in [1.807, 2.05) is 0 Å². The van der Waals surface area contributed by atoms with Gasteiger partial charge in [0.25, 0.3) is 0 Å². The van der Waals surface area contributed by atoms with Gasteiger partial charge in [0.2, 0.25) is 0 Å². The second-order valence-corrected chi connectivity index (χ2v) is 5.22. The molecule has 0 fully saturated rings. The van der Waals surface area contributed by atoms with Crippen LogP contribution in [0.25, 0.3) is 0 Å². The Morgan fingerprint density at radius 2 is 1.00 bits per heavy atom. The molecule has 80 valence electrons. The van der Waals surface area contributed by atoms with Crippen molar-refractivity contribution in [2.45, 2.75) is 0 Å². The molecule has 0 radical (unpaired) electrons. The van der Waals surface area contributed by atoms with Crippen LogP contribution in [0.2, 0.25) is 0 Å². The molecular formula is C13H12O2Si. The van der Waals surface area contributed by atoms with Crippen molar-refractivity contribution in [2.75, 3.05) is 0 Å². The lowest BCUT2D eigenvalue weighted by atomic mass is 10.4. The molecule has 3 heteroatoms. The van der Waals surface area contributed by atoms with Crippen LogP contribution in [-0.4, -0.2) is 15.7 Å². The van der Waals surface area contributed by atoms with E-state index in [0.717, 1.165) is 0 Å². The summed E-state index contributed by atoms with van der Waals surface area (Å²) in [7, 11) is -0.234. The van der Waals surface area contributed by atoms with Crippen LogP contribution in [0.15, 0.2) is 60.7 Å².